The number of aliphatic hydroxyl groups excluding tert-OH is 1. The predicted octanol–water partition coefficient (Wildman–Crippen LogP) is 2.97. The molecule has 28 heavy (non-hydrogen) atoms. The van der Waals surface area contributed by atoms with Gasteiger partial charge in [-0.1, -0.05) is 13.8 Å². The summed E-state index contributed by atoms with van der Waals surface area (Å²) in [7, 11) is 0. The van der Waals surface area contributed by atoms with E-state index in [9.17, 15) is 5.11 Å². The molecular weight excluding hydrogens is 352 g/mol. The zero-order chi connectivity index (χ0) is 19.9. The fourth-order valence-electron chi connectivity index (χ4n) is 4.23. The van der Waals surface area contributed by atoms with Crippen molar-refractivity contribution in [2.45, 2.75) is 65.5 Å². The van der Waals surface area contributed by atoms with Crippen molar-refractivity contribution >= 4 is 11.8 Å². The number of piperidine rings is 1. The second-order valence-electron chi connectivity index (χ2n) is 8.96. The second kappa shape index (κ2) is 7.28. The van der Waals surface area contributed by atoms with E-state index in [1.54, 1.807) is 6.33 Å². The molecule has 150 valence electrons. The van der Waals surface area contributed by atoms with Gasteiger partial charge in [-0.05, 0) is 44.9 Å². The Bertz CT molecular complexity index is 860. The number of nitrogens with zero attached hydrogens (tertiary/aromatic N) is 5. The van der Waals surface area contributed by atoms with Crippen LogP contribution in [0.2, 0.25) is 0 Å². The van der Waals surface area contributed by atoms with Crippen molar-refractivity contribution in [1.82, 2.24) is 19.9 Å². The summed E-state index contributed by atoms with van der Waals surface area (Å²) in [6, 6.07) is 0.129. The molecule has 0 radical (unpaired) electrons. The minimum Gasteiger partial charge on any atom is -0.393 e. The van der Waals surface area contributed by atoms with Crippen molar-refractivity contribution < 1.29 is 5.11 Å². The van der Waals surface area contributed by atoms with E-state index >= 15 is 0 Å². The van der Waals surface area contributed by atoms with E-state index in [0.717, 1.165) is 73.1 Å². The van der Waals surface area contributed by atoms with Gasteiger partial charge in [-0.15, -0.1) is 0 Å². The monoisotopic (exact) mass is 382 g/mol. The number of aliphatic hydroxyl groups is 1. The average Bonchev–Trinajstić information content (AvgIpc) is 2.64. The third-order valence-electron chi connectivity index (χ3n) is 6.06. The summed E-state index contributed by atoms with van der Waals surface area (Å²) >= 11 is 0. The highest BCUT2D eigenvalue weighted by Crippen LogP contribution is 2.42. The maximum Gasteiger partial charge on any atom is 0.225 e. The lowest BCUT2D eigenvalue weighted by Crippen LogP contribution is -2.38. The van der Waals surface area contributed by atoms with Gasteiger partial charge < -0.3 is 15.3 Å². The molecule has 7 nitrogen and oxygen atoms in total. The Hall–Kier alpha value is -2.28. The fourth-order valence-corrected chi connectivity index (χ4v) is 4.23. The Labute approximate surface area is 166 Å². The highest BCUT2D eigenvalue weighted by Gasteiger charge is 2.34. The third kappa shape index (κ3) is 3.81. The molecule has 0 saturated carbocycles. The molecule has 1 atom stereocenters. The summed E-state index contributed by atoms with van der Waals surface area (Å²) in [5, 5.41) is 13.4. The van der Waals surface area contributed by atoms with Crippen molar-refractivity contribution in [3.63, 3.8) is 0 Å². The molecule has 2 aromatic rings. The van der Waals surface area contributed by atoms with E-state index in [4.69, 9.17) is 4.98 Å². The van der Waals surface area contributed by atoms with Crippen LogP contribution in [0.5, 0.6) is 0 Å². The normalized spacial score (nSPS) is 22.0. The number of hydrogen-bond acceptors (Lipinski definition) is 7. The van der Waals surface area contributed by atoms with Gasteiger partial charge in [-0.2, -0.15) is 0 Å². The van der Waals surface area contributed by atoms with E-state index in [2.05, 4.69) is 45.9 Å². The summed E-state index contributed by atoms with van der Waals surface area (Å²) in [6.45, 7) is 10.3. The topological polar surface area (TPSA) is 87.1 Å². The van der Waals surface area contributed by atoms with Gasteiger partial charge in [0.2, 0.25) is 5.95 Å². The van der Waals surface area contributed by atoms with Gasteiger partial charge in [0, 0.05) is 36.1 Å². The predicted molar refractivity (Wildman–Crippen MR) is 109 cm³/mol. The van der Waals surface area contributed by atoms with Crippen LogP contribution >= 0.6 is 0 Å². The number of hydrogen-bond donors (Lipinski definition) is 2. The van der Waals surface area contributed by atoms with Gasteiger partial charge in [0.25, 0.3) is 0 Å². The number of aromatic nitrogens is 4. The van der Waals surface area contributed by atoms with Crippen LogP contribution in [0.15, 0.2) is 12.5 Å². The summed E-state index contributed by atoms with van der Waals surface area (Å²) in [5.74, 6) is 1.67. The molecule has 2 N–H and O–H groups in total. The standard InChI is InChI=1S/C21H30N6O/c1-13-14(2)23-12-24-19(13)25-17-9-21(3,4)10-18-16(17)11-22-20(26-18)27-7-5-15(28)6-8-27/h11-12,15,17,28H,5-10H2,1-4H3,(H,23,24,25). The van der Waals surface area contributed by atoms with E-state index in [1.807, 2.05) is 13.1 Å². The summed E-state index contributed by atoms with van der Waals surface area (Å²) in [6.07, 6.45) is 6.91. The summed E-state index contributed by atoms with van der Waals surface area (Å²) < 4.78 is 0. The molecule has 2 aliphatic rings. The molecule has 0 bridgehead atoms. The minimum atomic E-state index is -0.194. The molecule has 0 spiro atoms. The van der Waals surface area contributed by atoms with Crippen LogP contribution < -0.4 is 10.2 Å². The molecule has 1 fully saturated rings. The Morgan fingerprint density at radius 1 is 1.14 bits per heavy atom. The molecule has 0 amide bonds. The van der Waals surface area contributed by atoms with Crippen LogP contribution in [0, 0.1) is 19.3 Å². The van der Waals surface area contributed by atoms with Gasteiger partial charge in [0.05, 0.1) is 17.8 Å². The third-order valence-corrected chi connectivity index (χ3v) is 6.06. The maximum atomic E-state index is 9.77. The first-order valence-electron chi connectivity index (χ1n) is 10.2. The van der Waals surface area contributed by atoms with Crippen LogP contribution in [0.3, 0.4) is 0 Å². The van der Waals surface area contributed by atoms with Gasteiger partial charge in [-0.3, -0.25) is 0 Å². The molecule has 2 aromatic heterocycles. The summed E-state index contributed by atoms with van der Waals surface area (Å²) in [5.41, 5.74) is 4.50. The Kier molecular flexibility index (Phi) is 4.95. The number of aryl methyl sites for hydroxylation is 1. The number of nitrogens with one attached hydrogen (secondary N) is 1. The SMILES string of the molecule is Cc1ncnc(NC2CC(C)(C)Cc3nc(N4CCC(O)CC4)ncc32)c1C. The first kappa shape index (κ1) is 19.1. The van der Waals surface area contributed by atoms with Crippen molar-refractivity contribution in [3.05, 3.63) is 35.0 Å². The minimum absolute atomic E-state index is 0.129. The zero-order valence-electron chi connectivity index (χ0n) is 17.2. The van der Waals surface area contributed by atoms with Crippen molar-refractivity contribution in [2.75, 3.05) is 23.3 Å². The molecule has 1 unspecified atom stereocenters. The summed E-state index contributed by atoms with van der Waals surface area (Å²) in [4.78, 5) is 20.6. The van der Waals surface area contributed by atoms with E-state index in [0.29, 0.717) is 0 Å². The number of anilines is 2. The Balaban J connectivity index is 1.63. The lowest BCUT2D eigenvalue weighted by atomic mass is 9.74. The lowest BCUT2D eigenvalue weighted by molar-refractivity contribution is 0.145. The molecule has 3 heterocycles. The van der Waals surface area contributed by atoms with Crippen LogP contribution in [-0.4, -0.2) is 44.2 Å². The van der Waals surface area contributed by atoms with Crippen LogP contribution in [-0.2, 0) is 6.42 Å². The maximum absolute atomic E-state index is 9.77. The van der Waals surface area contributed by atoms with Gasteiger partial charge in [0.1, 0.15) is 12.1 Å². The second-order valence-corrected chi connectivity index (χ2v) is 8.96. The van der Waals surface area contributed by atoms with E-state index in [1.165, 1.54) is 0 Å². The fraction of sp³-hybridized carbons (Fsp3) is 0.619. The molecular formula is C21H30N6O. The molecule has 4 rings (SSSR count). The van der Waals surface area contributed by atoms with E-state index < -0.39 is 0 Å². The Morgan fingerprint density at radius 2 is 1.89 bits per heavy atom. The number of fused-ring (bicyclic) bond motifs is 1. The van der Waals surface area contributed by atoms with Crippen LogP contribution in [0.1, 0.15) is 61.7 Å². The van der Waals surface area contributed by atoms with Gasteiger partial charge in [0.15, 0.2) is 0 Å². The van der Waals surface area contributed by atoms with Gasteiger partial charge in [-0.25, -0.2) is 19.9 Å². The molecule has 1 saturated heterocycles. The van der Waals surface area contributed by atoms with Crippen molar-refractivity contribution in [1.29, 1.82) is 0 Å². The quantitative estimate of drug-likeness (QED) is 0.844. The van der Waals surface area contributed by atoms with Crippen molar-refractivity contribution in [3.8, 4) is 0 Å². The molecule has 7 heteroatoms. The smallest absolute Gasteiger partial charge is 0.225 e. The first-order chi connectivity index (χ1) is 13.3. The number of rotatable bonds is 3. The Morgan fingerprint density at radius 3 is 2.64 bits per heavy atom. The van der Waals surface area contributed by atoms with Crippen molar-refractivity contribution in [2.24, 2.45) is 5.41 Å². The molecule has 1 aliphatic carbocycles. The van der Waals surface area contributed by atoms with Crippen LogP contribution in [0.4, 0.5) is 11.8 Å². The zero-order valence-corrected chi connectivity index (χ0v) is 17.2. The first-order valence-corrected chi connectivity index (χ1v) is 10.2. The highest BCUT2D eigenvalue weighted by molar-refractivity contribution is 5.48. The van der Waals surface area contributed by atoms with Gasteiger partial charge >= 0.3 is 0 Å². The molecule has 1 aliphatic heterocycles. The molecule has 0 aromatic carbocycles. The average molecular weight is 383 g/mol. The lowest BCUT2D eigenvalue weighted by Gasteiger charge is -2.37. The highest BCUT2D eigenvalue weighted by atomic mass is 16.3. The van der Waals surface area contributed by atoms with E-state index in [-0.39, 0.29) is 17.6 Å². The largest absolute Gasteiger partial charge is 0.393 e. The van der Waals surface area contributed by atoms with Crippen LogP contribution in [0.25, 0.3) is 0 Å².